The Bertz CT molecular complexity index is 623. The third kappa shape index (κ3) is 3.98. The van der Waals surface area contributed by atoms with Crippen molar-refractivity contribution in [2.24, 2.45) is 0 Å². The molecule has 2 rings (SSSR count). The van der Waals surface area contributed by atoms with E-state index >= 15 is 0 Å². The first-order chi connectivity index (χ1) is 9.92. The fourth-order valence-corrected chi connectivity index (χ4v) is 3.76. The van der Waals surface area contributed by atoms with Crippen molar-refractivity contribution in [1.29, 1.82) is 0 Å². The number of hydrogen-bond acceptors (Lipinski definition) is 3. The van der Waals surface area contributed by atoms with Crippen LogP contribution in [0.15, 0.2) is 18.2 Å². The van der Waals surface area contributed by atoms with Gasteiger partial charge in [-0.3, -0.25) is 0 Å². The molecule has 0 aliphatic heterocycles. The standard InChI is InChI=1S/C16H20Cl2N2S/c1-5-14-10(4)21-16(20-14)15(19-9(2)3)12-8-11(17)6-7-13(12)18/h6-9,15,19H,5H2,1-4H3. The number of aromatic nitrogens is 1. The van der Waals surface area contributed by atoms with Crippen molar-refractivity contribution in [1.82, 2.24) is 10.3 Å². The minimum absolute atomic E-state index is 0.0276. The maximum absolute atomic E-state index is 6.38. The second-order valence-corrected chi connectivity index (χ2v) is 7.41. The Balaban J connectivity index is 2.49. The Morgan fingerprint density at radius 2 is 2.00 bits per heavy atom. The predicted molar refractivity (Wildman–Crippen MR) is 92.8 cm³/mol. The zero-order valence-electron chi connectivity index (χ0n) is 12.7. The molecule has 1 aromatic carbocycles. The van der Waals surface area contributed by atoms with Crippen LogP contribution in [0, 0.1) is 6.92 Å². The van der Waals surface area contributed by atoms with Crippen LogP contribution in [0.1, 0.15) is 48.0 Å². The lowest BCUT2D eigenvalue weighted by Crippen LogP contribution is -2.29. The van der Waals surface area contributed by atoms with Gasteiger partial charge in [0.25, 0.3) is 0 Å². The average molecular weight is 343 g/mol. The summed E-state index contributed by atoms with van der Waals surface area (Å²) in [6, 6.07) is 5.87. The van der Waals surface area contributed by atoms with Gasteiger partial charge in [-0.15, -0.1) is 11.3 Å². The molecule has 2 nitrogen and oxygen atoms in total. The Morgan fingerprint density at radius 3 is 2.57 bits per heavy atom. The van der Waals surface area contributed by atoms with Crippen molar-refractivity contribution in [3.05, 3.63) is 49.4 Å². The number of thiazole rings is 1. The van der Waals surface area contributed by atoms with Crippen LogP contribution in [0.2, 0.25) is 10.0 Å². The molecule has 1 unspecified atom stereocenters. The third-order valence-corrected chi connectivity index (χ3v) is 4.92. The highest BCUT2D eigenvalue weighted by molar-refractivity contribution is 7.11. The molecule has 0 aliphatic carbocycles. The zero-order chi connectivity index (χ0) is 15.6. The smallest absolute Gasteiger partial charge is 0.115 e. The highest BCUT2D eigenvalue weighted by Crippen LogP contribution is 2.34. The monoisotopic (exact) mass is 342 g/mol. The van der Waals surface area contributed by atoms with E-state index in [0.717, 1.165) is 22.7 Å². The fraction of sp³-hybridized carbons (Fsp3) is 0.438. The maximum Gasteiger partial charge on any atom is 0.115 e. The van der Waals surface area contributed by atoms with Gasteiger partial charge in [-0.2, -0.15) is 0 Å². The maximum atomic E-state index is 6.38. The van der Waals surface area contributed by atoms with Crippen LogP contribution in [0.3, 0.4) is 0 Å². The van der Waals surface area contributed by atoms with E-state index < -0.39 is 0 Å². The summed E-state index contributed by atoms with van der Waals surface area (Å²) in [5, 5.41) is 5.99. The van der Waals surface area contributed by atoms with Crippen LogP contribution in [0.5, 0.6) is 0 Å². The molecule has 0 spiro atoms. The summed E-state index contributed by atoms with van der Waals surface area (Å²) in [5.74, 6) is 0. The number of benzene rings is 1. The number of nitrogens with one attached hydrogen (secondary N) is 1. The molecule has 0 radical (unpaired) electrons. The quantitative estimate of drug-likeness (QED) is 0.785. The summed E-state index contributed by atoms with van der Waals surface area (Å²) in [6.45, 7) is 8.48. The summed E-state index contributed by atoms with van der Waals surface area (Å²) >= 11 is 14.3. The molecule has 1 heterocycles. The molecule has 0 fully saturated rings. The molecule has 0 saturated carbocycles. The van der Waals surface area contributed by atoms with Crippen molar-refractivity contribution in [3.8, 4) is 0 Å². The van der Waals surface area contributed by atoms with Crippen LogP contribution in [-0.4, -0.2) is 11.0 Å². The van der Waals surface area contributed by atoms with E-state index in [1.54, 1.807) is 11.3 Å². The average Bonchev–Trinajstić information content (AvgIpc) is 2.80. The molecule has 1 aromatic heterocycles. The van der Waals surface area contributed by atoms with Crippen LogP contribution >= 0.6 is 34.5 Å². The van der Waals surface area contributed by atoms with Crippen LogP contribution in [0.4, 0.5) is 0 Å². The summed E-state index contributed by atoms with van der Waals surface area (Å²) in [4.78, 5) is 6.05. The fourth-order valence-electron chi connectivity index (χ4n) is 2.27. The van der Waals surface area contributed by atoms with Gasteiger partial charge in [0.1, 0.15) is 5.01 Å². The van der Waals surface area contributed by atoms with E-state index in [2.05, 4.69) is 33.0 Å². The number of hydrogen-bond donors (Lipinski definition) is 1. The molecule has 1 N–H and O–H groups in total. The predicted octanol–water partition coefficient (Wildman–Crippen LogP) is 5.41. The highest BCUT2D eigenvalue weighted by atomic mass is 35.5. The van der Waals surface area contributed by atoms with E-state index in [0.29, 0.717) is 16.1 Å². The second kappa shape index (κ2) is 7.10. The Kier molecular flexibility index (Phi) is 5.67. The summed E-state index contributed by atoms with van der Waals surface area (Å²) in [5.41, 5.74) is 2.14. The van der Waals surface area contributed by atoms with Crippen molar-refractivity contribution >= 4 is 34.5 Å². The molecule has 114 valence electrons. The number of nitrogens with zero attached hydrogens (tertiary/aromatic N) is 1. The molecule has 0 aliphatic rings. The van der Waals surface area contributed by atoms with Crippen LogP contribution < -0.4 is 5.32 Å². The molecule has 0 saturated heterocycles. The van der Waals surface area contributed by atoms with Crippen molar-refractivity contribution < 1.29 is 0 Å². The van der Waals surface area contributed by atoms with E-state index in [9.17, 15) is 0 Å². The third-order valence-electron chi connectivity index (χ3n) is 3.26. The van der Waals surface area contributed by atoms with Gasteiger partial charge in [0.15, 0.2) is 0 Å². The number of rotatable bonds is 5. The first kappa shape index (κ1) is 16.8. The van der Waals surface area contributed by atoms with E-state index in [1.165, 1.54) is 4.88 Å². The Labute approximate surface area is 140 Å². The van der Waals surface area contributed by atoms with Gasteiger partial charge in [0.2, 0.25) is 0 Å². The zero-order valence-corrected chi connectivity index (χ0v) is 15.0. The van der Waals surface area contributed by atoms with Gasteiger partial charge in [-0.1, -0.05) is 30.1 Å². The topological polar surface area (TPSA) is 24.9 Å². The van der Waals surface area contributed by atoms with Gasteiger partial charge in [-0.05, 0) is 51.0 Å². The Hall–Kier alpha value is -0.610. The minimum Gasteiger partial charge on any atom is -0.302 e. The first-order valence-corrected chi connectivity index (χ1v) is 8.66. The van der Waals surface area contributed by atoms with Gasteiger partial charge in [0, 0.05) is 21.0 Å². The molecule has 0 amide bonds. The van der Waals surface area contributed by atoms with E-state index in [1.807, 2.05) is 18.2 Å². The largest absolute Gasteiger partial charge is 0.302 e. The second-order valence-electron chi connectivity index (χ2n) is 5.33. The lowest BCUT2D eigenvalue weighted by molar-refractivity contribution is 0.526. The van der Waals surface area contributed by atoms with Crippen molar-refractivity contribution in [2.45, 2.75) is 46.2 Å². The van der Waals surface area contributed by atoms with E-state index in [4.69, 9.17) is 28.2 Å². The number of aryl methyl sites for hydroxylation is 2. The molecular weight excluding hydrogens is 323 g/mol. The molecule has 21 heavy (non-hydrogen) atoms. The van der Waals surface area contributed by atoms with Crippen molar-refractivity contribution in [2.75, 3.05) is 0 Å². The van der Waals surface area contributed by atoms with Gasteiger partial charge < -0.3 is 5.32 Å². The molecular formula is C16H20Cl2N2S. The van der Waals surface area contributed by atoms with Crippen LogP contribution in [-0.2, 0) is 6.42 Å². The van der Waals surface area contributed by atoms with Crippen molar-refractivity contribution in [3.63, 3.8) is 0 Å². The molecule has 0 bridgehead atoms. The summed E-state index contributed by atoms with van der Waals surface area (Å²) in [7, 11) is 0. The normalized spacial score (nSPS) is 12.9. The lowest BCUT2D eigenvalue weighted by Gasteiger charge is -2.21. The van der Waals surface area contributed by atoms with Gasteiger partial charge >= 0.3 is 0 Å². The Morgan fingerprint density at radius 1 is 1.29 bits per heavy atom. The summed E-state index contributed by atoms with van der Waals surface area (Å²) in [6.07, 6.45) is 0.944. The van der Waals surface area contributed by atoms with Gasteiger partial charge in [-0.25, -0.2) is 4.98 Å². The molecule has 2 aromatic rings. The molecule has 5 heteroatoms. The van der Waals surface area contributed by atoms with E-state index in [-0.39, 0.29) is 6.04 Å². The highest BCUT2D eigenvalue weighted by Gasteiger charge is 2.22. The first-order valence-electron chi connectivity index (χ1n) is 7.09. The number of halogens is 2. The molecule has 1 atom stereocenters. The summed E-state index contributed by atoms with van der Waals surface area (Å²) < 4.78 is 0. The lowest BCUT2D eigenvalue weighted by atomic mass is 10.1. The van der Waals surface area contributed by atoms with Gasteiger partial charge in [0.05, 0.1) is 11.7 Å². The minimum atomic E-state index is -0.0276. The SMILES string of the molecule is CCc1nc(C(NC(C)C)c2cc(Cl)ccc2Cl)sc1C. The van der Waals surface area contributed by atoms with Crippen LogP contribution in [0.25, 0.3) is 0 Å².